The van der Waals surface area contributed by atoms with Gasteiger partial charge in [0.1, 0.15) is 25.1 Å². The molecule has 2 aromatic rings. The number of carbonyl (C=O) groups is 3. The minimum atomic E-state index is -0.645. The van der Waals surface area contributed by atoms with Crippen LogP contribution < -0.4 is 4.74 Å². The van der Waals surface area contributed by atoms with Crippen molar-refractivity contribution >= 4 is 17.9 Å². The number of ether oxygens (including phenoxy) is 4. The zero-order chi connectivity index (χ0) is 36.7. The molecule has 9 nitrogen and oxygen atoms in total. The van der Waals surface area contributed by atoms with E-state index in [4.69, 9.17) is 18.9 Å². The molecule has 0 spiro atoms. The first-order valence-electron chi connectivity index (χ1n) is 18.8. The second kappa shape index (κ2) is 24.3. The summed E-state index contributed by atoms with van der Waals surface area (Å²) < 4.78 is 21.5. The summed E-state index contributed by atoms with van der Waals surface area (Å²) in [5.74, 6) is 0.220. The second-order valence-corrected chi connectivity index (χ2v) is 13.5. The summed E-state index contributed by atoms with van der Waals surface area (Å²) >= 11 is 0. The van der Waals surface area contributed by atoms with Crippen molar-refractivity contribution in [2.24, 2.45) is 5.92 Å². The van der Waals surface area contributed by atoms with E-state index in [0.29, 0.717) is 30.9 Å². The van der Waals surface area contributed by atoms with Gasteiger partial charge in [-0.3, -0.25) is 0 Å². The number of aliphatic hydroxyl groups is 2. The molecule has 3 rings (SSSR count). The molecular weight excluding hydrogens is 648 g/mol. The van der Waals surface area contributed by atoms with Crippen molar-refractivity contribution in [3.8, 4) is 16.9 Å². The summed E-state index contributed by atoms with van der Waals surface area (Å²) in [7, 11) is 0. The molecule has 0 aromatic heterocycles. The monoisotopic (exact) mass is 706 g/mol. The minimum absolute atomic E-state index is 0.00300. The van der Waals surface area contributed by atoms with Gasteiger partial charge in [-0.05, 0) is 86.3 Å². The third-order valence-electron chi connectivity index (χ3n) is 9.40. The Balaban J connectivity index is 1.23. The van der Waals surface area contributed by atoms with Gasteiger partial charge in [0, 0.05) is 12.2 Å². The highest BCUT2D eigenvalue weighted by molar-refractivity contribution is 5.90. The van der Waals surface area contributed by atoms with Gasteiger partial charge < -0.3 is 29.2 Å². The molecule has 1 fully saturated rings. The maximum Gasteiger partial charge on any atom is 0.338 e. The molecule has 0 radical (unpaired) electrons. The highest BCUT2D eigenvalue weighted by Crippen LogP contribution is 2.31. The fraction of sp³-hybridized carbons (Fsp3) is 0.548. The molecule has 2 unspecified atom stereocenters. The molecule has 9 heteroatoms. The van der Waals surface area contributed by atoms with Crippen LogP contribution in [0, 0.1) is 5.92 Å². The van der Waals surface area contributed by atoms with Crippen LogP contribution in [0.3, 0.4) is 0 Å². The van der Waals surface area contributed by atoms with E-state index in [1.54, 1.807) is 0 Å². The highest BCUT2D eigenvalue weighted by atomic mass is 16.5. The van der Waals surface area contributed by atoms with Gasteiger partial charge in [-0.1, -0.05) is 95.2 Å². The largest absolute Gasteiger partial charge is 0.494 e. The molecule has 2 N–H and O–H groups in total. The molecular formula is C42H58O9. The fourth-order valence-electron chi connectivity index (χ4n) is 6.31. The molecule has 0 amide bonds. The van der Waals surface area contributed by atoms with E-state index < -0.39 is 24.1 Å². The van der Waals surface area contributed by atoms with Crippen LogP contribution in [0.2, 0.25) is 0 Å². The first kappa shape index (κ1) is 41.5. The van der Waals surface area contributed by atoms with Crippen LogP contribution in [0.15, 0.2) is 73.8 Å². The van der Waals surface area contributed by atoms with Crippen LogP contribution in [-0.4, -0.2) is 66.3 Å². The Morgan fingerprint density at radius 2 is 1.16 bits per heavy atom. The third kappa shape index (κ3) is 17.2. The van der Waals surface area contributed by atoms with Gasteiger partial charge in [0.25, 0.3) is 0 Å². The molecule has 0 bridgehead atoms. The maximum atomic E-state index is 12.9. The lowest BCUT2D eigenvalue weighted by atomic mass is 9.84. The summed E-state index contributed by atoms with van der Waals surface area (Å²) in [6.45, 7) is 7.33. The number of aliphatic hydroxyl groups excluding tert-OH is 2. The Morgan fingerprint density at radius 3 is 1.71 bits per heavy atom. The summed E-state index contributed by atoms with van der Waals surface area (Å²) in [5.41, 5.74) is 2.63. The Kier molecular flexibility index (Phi) is 19.7. The van der Waals surface area contributed by atoms with Crippen LogP contribution >= 0.6 is 0 Å². The molecule has 0 aliphatic heterocycles. The van der Waals surface area contributed by atoms with E-state index in [-0.39, 0.29) is 25.3 Å². The van der Waals surface area contributed by atoms with Gasteiger partial charge in [0.2, 0.25) is 0 Å². The number of benzene rings is 2. The lowest BCUT2D eigenvalue weighted by Gasteiger charge is -2.28. The number of hydrogen-bond donors (Lipinski definition) is 2. The molecule has 0 saturated heterocycles. The quantitative estimate of drug-likeness (QED) is 0.0453. The predicted octanol–water partition coefficient (Wildman–Crippen LogP) is 8.31. The maximum absolute atomic E-state index is 12.9. The zero-order valence-electron chi connectivity index (χ0n) is 30.2. The Bertz CT molecular complexity index is 1310. The summed E-state index contributed by atoms with van der Waals surface area (Å²) in [5, 5.41) is 19.7. The first-order chi connectivity index (χ1) is 24.8. The molecule has 280 valence electrons. The first-order valence-corrected chi connectivity index (χ1v) is 18.8. The van der Waals surface area contributed by atoms with Gasteiger partial charge in [0.05, 0.1) is 24.4 Å². The molecule has 1 saturated carbocycles. The van der Waals surface area contributed by atoms with Crippen molar-refractivity contribution in [1.82, 2.24) is 0 Å². The normalized spacial score (nSPS) is 16.7. The average Bonchev–Trinajstić information content (AvgIpc) is 3.16. The highest BCUT2D eigenvalue weighted by Gasteiger charge is 2.24. The average molecular weight is 707 g/mol. The zero-order valence-corrected chi connectivity index (χ0v) is 30.2. The number of carbonyl (C=O) groups excluding carboxylic acids is 3. The van der Waals surface area contributed by atoms with Gasteiger partial charge >= 0.3 is 17.9 Å². The molecule has 2 aromatic carbocycles. The molecule has 1 aliphatic carbocycles. The Hall–Kier alpha value is -3.95. The lowest BCUT2D eigenvalue weighted by Crippen LogP contribution is -2.24. The van der Waals surface area contributed by atoms with Crippen molar-refractivity contribution in [2.75, 3.05) is 19.8 Å². The molecule has 0 heterocycles. The van der Waals surface area contributed by atoms with E-state index in [2.05, 4.69) is 13.2 Å². The fourth-order valence-corrected chi connectivity index (χ4v) is 6.31. The molecule has 51 heavy (non-hydrogen) atoms. The summed E-state index contributed by atoms with van der Waals surface area (Å²) in [6, 6.07) is 15.5. The van der Waals surface area contributed by atoms with E-state index in [9.17, 15) is 24.6 Å². The van der Waals surface area contributed by atoms with Gasteiger partial charge in [-0.25, -0.2) is 14.4 Å². The van der Waals surface area contributed by atoms with Crippen LogP contribution in [0.25, 0.3) is 11.1 Å². The second-order valence-electron chi connectivity index (χ2n) is 13.5. The van der Waals surface area contributed by atoms with Crippen molar-refractivity contribution in [2.45, 2.75) is 121 Å². The summed E-state index contributed by atoms with van der Waals surface area (Å²) in [6.07, 6.45) is 16.6. The smallest absolute Gasteiger partial charge is 0.338 e. The van der Waals surface area contributed by atoms with Crippen LogP contribution in [-0.2, 0) is 23.8 Å². The summed E-state index contributed by atoms with van der Waals surface area (Å²) in [4.78, 5) is 35.0. The lowest BCUT2D eigenvalue weighted by molar-refractivity contribution is -0.141. The van der Waals surface area contributed by atoms with Crippen molar-refractivity contribution in [1.29, 1.82) is 0 Å². The van der Waals surface area contributed by atoms with Gasteiger partial charge in [-0.2, -0.15) is 0 Å². The minimum Gasteiger partial charge on any atom is -0.494 e. The number of esters is 3. The van der Waals surface area contributed by atoms with Crippen molar-refractivity contribution in [3.05, 3.63) is 79.4 Å². The van der Waals surface area contributed by atoms with E-state index >= 15 is 0 Å². The van der Waals surface area contributed by atoms with Crippen LogP contribution in [0.4, 0.5) is 0 Å². The van der Waals surface area contributed by atoms with E-state index in [1.165, 1.54) is 19.3 Å². The van der Waals surface area contributed by atoms with Crippen molar-refractivity contribution < 1.29 is 43.5 Å². The molecule has 2 atom stereocenters. The number of hydrogen-bond acceptors (Lipinski definition) is 9. The van der Waals surface area contributed by atoms with Gasteiger partial charge in [0.15, 0.2) is 0 Å². The Morgan fingerprint density at radius 1 is 0.667 bits per heavy atom. The van der Waals surface area contributed by atoms with E-state index in [0.717, 1.165) is 99.7 Å². The SMILES string of the molecule is C=CC(=O)OCC(O)CCCCCCCC1CCC(OC(=O)c2ccc(-c3ccc(OCCCCCCC(O)COC(=O)C=C)cc3)cc2)CC1. The van der Waals surface area contributed by atoms with Gasteiger partial charge in [-0.15, -0.1) is 0 Å². The van der Waals surface area contributed by atoms with Crippen molar-refractivity contribution in [3.63, 3.8) is 0 Å². The topological polar surface area (TPSA) is 129 Å². The Labute approximate surface area is 304 Å². The standard InChI is InChI=1S/C42H58O9/c1-3-40(45)49-30-36(43)15-11-7-5-6-10-14-32-17-25-39(26-18-32)51-42(47)35-21-19-33(20-22-35)34-23-27-38(28-24-34)48-29-13-9-8-12-16-37(44)31-50-41(46)4-2/h3-4,19-24,27-28,32,36-37,39,43-44H,1-2,5-18,25-26,29-31H2. The predicted molar refractivity (Wildman–Crippen MR) is 198 cm³/mol. The van der Waals surface area contributed by atoms with Crippen LogP contribution in [0.1, 0.15) is 113 Å². The number of unbranched alkanes of at least 4 members (excludes halogenated alkanes) is 7. The molecule has 1 aliphatic rings. The third-order valence-corrected chi connectivity index (χ3v) is 9.40. The van der Waals surface area contributed by atoms with Crippen LogP contribution in [0.5, 0.6) is 5.75 Å². The number of rotatable bonds is 25. The van der Waals surface area contributed by atoms with E-state index in [1.807, 2.05) is 48.5 Å².